The Morgan fingerprint density at radius 2 is 2.07 bits per heavy atom. The lowest BCUT2D eigenvalue weighted by Gasteiger charge is -2.41. The summed E-state index contributed by atoms with van der Waals surface area (Å²) in [6.45, 7) is 6.41. The number of amides is 1. The van der Waals surface area contributed by atoms with Gasteiger partial charge in [-0.2, -0.15) is 0 Å². The van der Waals surface area contributed by atoms with E-state index in [2.05, 4.69) is 46.4 Å². The number of carbonyl (C=O) groups is 1. The number of methoxy groups -OCH3 is 1. The van der Waals surface area contributed by atoms with Crippen LogP contribution in [0.25, 0.3) is 0 Å². The van der Waals surface area contributed by atoms with Gasteiger partial charge >= 0.3 is 0 Å². The second-order valence-corrected chi connectivity index (χ2v) is 7.73. The highest BCUT2D eigenvalue weighted by Gasteiger charge is 2.33. The smallest absolute Gasteiger partial charge is 0.276 e. The number of aromatic nitrogens is 3. The van der Waals surface area contributed by atoms with E-state index in [1.807, 2.05) is 11.0 Å². The molecule has 1 aromatic heterocycles. The topological polar surface area (TPSA) is 72.7 Å². The van der Waals surface area contributed by atoms with Crippen molar-refractivity contribution >= 4 is 5.91 Å². The number of nitrogens with zero attached hydrogens (tertiary/aromatic N) is 5. The maximum Gasteiger partial charge on any atom is 0.276 e. The van der Waals surface area contributed by atoms with Gasteiger partial charge in [0.2, 0.25) is 0 Å². The molecule has 29 heavy (non-hydrogen) atoms. The van der Waals surface area contributed by atoms with Gasteiger partial charge in [-0.25, -0.2) is 4.68 Å². The van der Waals surface area contributed by atoms with Crippen LogP contribution in [0.3, 0.4) is 0 Å². The second kappa shape index (κ2) is 9.02. The zero-order valence-corrected chi connectivity index (χ0v) is 17.1. The molecule has 0 aliphatic carbocycles. The highest BCUT2D eigenvalue weighted by Crippen LogP contribution is 2.22. The van der Waals surface area contributed by atoms with Crippen LogP contribution in [0, 0.1) is 0 Å². The molecule has 1 amide bonds. The highest BCUT2D eigenvalue weighted by atomic mass is 16.5. The molecule has 2 aromatic rings. The molecule has 1 aromatic carbocycles. The van der Waals surface area contributed by atoms with Gasteiger partial charge in [-0.15, -0.1) is 5.10 Å². The van der Waals surface area contributed by atoms with E-state index in [1.54, 1.807) is 18.0 Å². The molecule has 2 aliphatic heterocycles. The Balaban J connectivity index is 1.40. The molecule has 2 aliphatic rings. The molecule has 2 saturated heterocycles. The molecule has 1 unspecified atom stereocenters. The maximum atomic E-state index is 13.0. The molecule has 8 nitrogen and oxygen atoms in total. The number of hydrogen-bond acceptors (Lipinski definition) is 6. The van der Waals surface area contributed by atoms with E-state index in [0.717, 1.165) is 19.5 Å². The van der Waals surface area contributed by atoms with Gasteiger partial charge in [0, 0.05) is 39.3 Å². The summed E-state index contributed by atoms with van der Waals surface area (Å²) in [6.07, 6.45) is 2.66. The first kappa shape index (κ1) is 20.0. The van der Waals surface area contributed by atoms with Gasteiger partial charge in [0.15, 0.2) is 5.69 Å². The van der Waals surface area contributed by atoms with Crippen molar-refractivity contribution in [3.8, 4) is 0 Å². The van der Waals surface area contributed by atoms with E-state index < -0.39 is 0 Å². The van der Waals surface area contributed by atoms with E-state index in [1.165, 1.54) is 5.56 Å². The standard InChI is InChI=1S/C21H29N5O3/c1-3-17-12-25(10-9-24(17)11-16-7-5-4-6-8-16)21(27)18-13-26(23-22-18)19-14-29-15-20(19)28-2/h4-8,13,17,19-20H,3,9-12,14-15H2,1-2H3/t17?,19-,20-/m1/s1. The molecule has 0 radical (unpaired) electrons. The monoisotopic (exact) mass is 399 g/mol. The Hall–Kier alpha value is -2.29. The number of benzene rings is 1. The first-order valence-corrected chi connectivity index (χ1v) is 10.3. The third-order valence-electron chi connectivity index (χ3n) is 5.96. The predicted molar refractivity (Wildman–Crippen MR) is 108 cm³/mol. The summed E-state index contributed by atoms with van der Waals surface area (Å²) >= 11 is 0. The van der Waals surface area contributed by atoms with Crippen molar-refractivity contribution in [1.29, 1.82) is 0 Å². The van der Waals surface area contributed by atoms with Crippen LogP contribution in [0.2, 0.25) is 0 Å². The second-order valence-electron chi connectivity index (χ2n) is 7.73. The minimum absolute atomic E-state index is 0.0415. The van der Waals surface area contributed by atoms with E-state index in [4.69, 9.17) is 9.47 Å². The minimum atomic E-state index is -0.0642. The SMILES string of the molecule is CCC1CN(C(=O)c2cn([C@@H]3COC[C@H]3OC)nn2)CCN1Cc1ccccc1. The molecule has 0 spiro atoms. The molecule has 2 fully saturated rings. The summed E-state index contributed by atoms with van der Waals surface area (Å²) in [5.41, 5.74) is 1.69. The third-order valence-corrected chi connectivity index (χ3v) is 5.96. The van der Waals surface area contributed by atoms with Crippen molar-refractivity contribution in [3.63, 3.8) is 0 Å². The summed E-state index contributed by atoms with van der Waals surface area (Å²) in [4.78, 5) is 17.4. The van der Waals surface area contributed by atoms with Crippen LogP contribution in [-0.2, 0) is 16.0 Å². The molecule has 0 N–H and O–H groups in total. The van der Waals surface area contributed by atoms with Crippen LogP contribution < -0.4 is 0 Å². The van der Waals surface area contributed by atoms with Crippen LogP contribution in [0.1, 0.15) is 35.4 Å². The summed E-state index contributed by atoms with van der Waals surface area (Å²) in [6, 6.07) is 10.8. The van der Waals surface area contributed by atoms with Crippen LogP contribution in [0.15, 0.2) is 36.5 Å². The number of hydrogen-bond donors (Lipinski definition) is 0. The summed E-state index contributed by atoms with van der Waals surface area (Å²) in [5, 5.41) is 8.31. The van der Waals surface area contributed by atoms with Gasteiger partial charge in [0.1, 0.15) is 12.1 Å². The maximum absolute atomic E-state index is 13.0. The minimum Gasteiger partial charge on any atom is -0.377 e. The van der Waals surface area contributed by atoms with Crippen LogP contribution in [0.4, 0.5) is 0 Å². The predicted octanol–water partition coefficient (Wildman–Crippen LogP) is 1.60. The first-order chi connectivity index (χ1) is 14.2. The van der Waals surface area contributed by atoms with Crippen molar-refractivity contribution in [3.05, 3.63) is 47.8 Å². The molecule has 4 rings (SSSR count). The molecule has 0 bridgehead atoms. The number of carbonyl (C=O) groups excluding carboxylic acids is 1. The van der Waals surface area contributed by atoms with Crippen LogP contribution in [0.5, 0.6) is 0 Å². The Kier molecular flexibility index (Phi) is 6.22. The Morgan fingerprint density at radius 1 is 1.24 bits per heavy atom. The Labute approximate surface area is 171 Å². The number of rotatable bonds is 6. The van der Waals surface area contributed by atoms with Crippen molar-refractivity contribution < 1.29 is 14.3 Å². The van der Waals surface area contributed by atoms with Gasteiger partial charge in [-0.1, -0.05) is 42.5 Å². The Morgan fingerprint density at radius 3 is 2.83 bits per heavy atom. The van der Waals surface area contributed by atoms with Crippen molar-refractivity contribution in [2.75, 3.05) is 40.0 Å². The fourth-order valence-corrected chi connectivity index (χ4v) is 4.18. The van der Waals surface area contributed by atoms with Gasteiger partial charge in [-0.3, -0.25) is 9.69 Å². The highest BCUT2D eigenvalue weighted by molar-refractivity contribution is 5.92. The molecule has 156 valence electrons. The average molecular weight is 399 g/mol. The lowest BCUT2D eigenvalue weighted by atomic mass is 10.1. The first-order valence-electron chi connectivity index (χ1n) is 10.3. The summed E-state index contributed by atoms with van der Waals surface area (Å²) < 4.78 is 12.6. The van der Waals surface area contributed by atoms with Gasteiger partial charge in [0.25, 0.3) is 5.91 Å². The molecular formula is C21H29N5O3. The van der Waals surface area contributed by atoms with Gasteiger partial charge in [-0.05, 0) is 12.0 Å². The zero-order valence-electron chi connectivity index (χ0n) is 17.1. The van der Waals surface area contributed by atoms with E-state index in [9.17, 15) is 4.79 Å². The summed E-state index contributed by atoms with van der Waals surface area (Å²) in [5.74, 6) is -0.0538. The number of piperazine rings is 1. The third kappa shape index (κ3) is 4.34. The quantitative estimate of drug-likeness (QED) is 0.735. The zero-order chi connectivity index (χ0) is 20.2. The van der Waals surface area contributed by atoms with E-state index in [-0.39, 0.29) is 18.1 Å². The van der Waals surface area contributed by atoms with Crippen molar-refractivity contribution in [2.45, 2.75) is 38.1 Å². The molecule has 3 heterocycles. The van der Waals surface area contributed by atoms with Gasteiger partial charge in [0.05, 0.1) is 19.4 Å². The summed E-state index contributed by atoms with van der Waals surface area (Å²) in [7, 11) is 1.66. The fourth-order valence-electron chi connectivity index (χ4n) is 4.18. The Bertz CT molecular complexity index is 812. The largest absolute Gasteiger partial charge is 0.377 e. The average Bonchev–Trinajstić information content (AvgIpc) is 3.43. The lowest BCUT2D eigenvalue weighted by molar-refractivity contribution is 0.0445. The van der Waals surface area contributed by atoms with Crippen molar-refractivity contribution in [1.82, 2.24) is 24.8 Å². The van der Waals surface area contributed by atoms with E-state index >= 15 is 0 Å². The van der Waals surface area contributed by atoms with E-state index in [0.29, 0.717) is 38.0 Å². The van der Waals surface area contributed by atoms with Gasteiger partial charge < -0.3 is 14.4 Å². The number of ether oxygens (including phenoxy) is 2. The molecule has 8 heteroatoms. The molecular weight excluding hydrogens is 370 g/mol. The lowest BCUT2D eigenvalue weighted by Crippen LogP contribution is -2.54. The molecule has 3 atom stereocenters. The molecule has 0 saturated carbocycles. The van der Waals surface area contributed by atoms with Crippen molar-refractivity contribution in [2.24, 2.45) is 0 Å². The van der Waals surface area contributed by atoms with Crippen LogP contribution in [-0.4, -0.2) is 82.8 Å². The van der Waals surface area contributed by atoms with Crippen LogP contribution >= 0.6 is 0 Å². The normalized spacial score (nSPS) is 25.4. The fraction of sp³-hybridized carbons (Fsp3) is 0.571.